The fourth-order valence-electron chi connectivity index (χ4n) is 2.46. The number of amides is 1. The van der Waals surface area contributed by atoms with E-state index in [0.717, 1.165) is 29.9 Å². The van der Waals surface area contributed by atoms with E-state index in [9.17, 15) is 4.79 Å². The van der Waals surface area contributed by atoms with Gasteiger partial charge in [-0.25, -0.2) is 0 Å². The number of benzene rings is 2. The number of anilines is 2. The second-order valence-corrected chi connectivity index (χ2v) is 5.40. The van der Waals surface area contributed by atoms with Gasteiger partial charge in [-0.1, -0.05) is 11.6 Å². The molecule has 0 bridgehead atoms. The van der Waals surface area contributed by atoms with Gasteiger partial charge in [0.25, 0.3) is 5.91 Å². The summed E-state index contributed by atoms with van der Waals surface area (Å²) in [6.07, 6.45) is 0.999. The first-order chi connectivity index (χ1) is 9.63. The van der Waals surface area contributed by atoms with E-state index in [2.05, 4.69) is 10.6 Å². The summed E-state index contributed by atoms with van der Waals surface area (Å²) < 4.78 is 0. The largest absolute Gasteiger partial charge is 0.384 e. The van der Waals surface area contributed by atoms with Gasteiger partial charge >= 0.3 is 0 Å². The van der Waals surface area contributed by atoms with E-state index in [1.54, 1.807) is 18.2 Å². The Kier molecular flexibility index (Phi) is 3.36. The molecule has 0 radical (unpaired) electrons. The summed E-state index contributed by atoms with van der Waals surface area (Å²) >= 11 is 5.91. The van der Waals surface area contributed by atoms with Crippen LogP contribution in [0.1, 0.15) is 21.5 Å². The predicted octanol–water partition coefficient (Wildman–Crippen LogP) is 3.87. The zero-order valence-corrected chi connectivity index (χ0v) is 11.9. The monoisotopic (exact) mass is 286 g/mol. The van der Waals surface area contributed by atoms with Crippen molar-refractivity contribution in [3.63, 3.8) is 0 Å². The summed E-state index contributed by atoms with van der Waals surface area (Å²) in [7, 11) is 0. The van der Waals surface area contributed by atoms with E-state index >= 15 is 0 Å². The highest BCUT2D eigenvalue weighted by Crippen LogP contribution is 2.26. The van der Waals surface area contributed by atoms with Crippen LogP contribution in [0.25, 0.3) is 0 Å². The summed E-state index contributed by atoms with van der Waals surface area (Å²) in [6.45, 7) is 2.84. The molecular weight excluding hydrogens is 272 g/mol. The average molecular weight is 287 g/mol. The zero-order valence-electron chi connectivity index (χ0n) is 11.2. The summed E-state index contributed by atoms with van der Waals surface area (Å²) in [6, 6.07) is 11.2. The Hall–Kier alpha value is -2.00. The van der Waals surface area contributed by atoms with Gasteiger partial charge in [0.05, 0.1) is 0 Å². The highest BCUT2D eigenvalue weighted by molar-refractivity contribution is 6.30. The number of hydrogen-bond donors (Lipinski definition) is 2. The number of hydrogen-bond acceptors (Lipinski definition) is 2. The van der Waals surface area contributed by atoms with Gasteiger partial charge in [-0.05, 0) is 60.9 Å². The van der Waals surface area contributed by atoms with Crippen LogP contribution < -0.4 is 10.6 Å². The van der Waals surface area contributed by atoms with E-state index in [4.69, 9.17) is 11.6 Å². The highest BCUT2D eigenvalue weighted by Gasteiger charge is 2.13. The molecule has 0 saturated heterocycles. The Morgan fingerprint density at radius 3 is 2.90 bits per heavy atom. The Morgan fingerprint density at radius 1 is 1.25 bits per heavy atom. The molecule has 20 heavy (non-hydrogen) atoms. The smallest absolute Gasteiger partial charge is 0.255 e. The lowest BCUT2D eigenvalue weighted by atomic mass is 10.1. The van der Waals surface area contributed by atoms with Crippen LogP contribution in [0.4, 0.5) is 11.4 Å². The fraction of sp³-hybridized carbons (Fsp3) is 0.188. The van der Waals surface area contributed by atoms with Crippen molar-refractivity contribution >= 4 is 28.9 Å². The maximum absolute atomic E-state index is 12.3. The molecule has 0 unspecified atom stereocenters. The molecule has 0 spiro atoms. The zero-order chi connectivity index (χ0) is 14.1. The van der Waals surface area contributed by atoms with E-state index in [1.165, 1.54) is 5.56 Å². The van der Waals surface area contributed by atoms with Crippen molar-refractivity contribution in [2.24, 2.45) is 0 Å². The lowest BCUT2D eigenvalue weighted by Gasteiger charge is -2.09. The van der Waals surface area contributed by atoms with Crippen LogP contribution in [0.15, 0.2) is 36.4 Å². The molecule has 3 rings (SSSR count). The van der Waals surface area contributed by atoms with E-state index in [0.29, 0.717) is 10.6 Å². The third-order valence-corrected chi connectivity index (χ3v) is 3.74. The summed E-state index contributed by atoms with van der Waals surface area (Å²) in [5.74, 6) is -0.106. The number of rotatable bonds is 2. The van der Waals surface area contributed by atoms with Crippen LogP contribution >= 0.6 is 11.6 Å². The van der Waals surface area contributed by atoms with Crippen molar-refractivity contribution in [2.75, 3.05) is 17.2 Å². The molecule has 1 heterocycles. The van der Waals surface area contributed by atoms with Crippen molar-refractivity contribution in [1.82, 2.24) is 0 Å². The number of halogens is 1. The topological polar surface area (TPSA) is 41.1 Å². The van der Waals surface area contributed by atoms with Crippen molar-refractivity contribution in [3.05, 3.63) is 58.1 Å². The van der Waals surface area contributed by atoms with Gasteiger partial charge < -0.3 is 10.6 Å². The minimum Gasteiger partial charge on any atom is -0.384 e. The number of carbonyl (C=O) groups is 1. The number of aryl methyl sites for hydroxylation is 1. The number of carbonyl (C=O) groups excluding carboxylic acids is 1. The maximum atomic E-state index is 12.3. The van der Waals surface area contributed by atoms with Crippen molar-refractivity contribution < 1.29 is 4.79 Å². The maximum Gasteiger partial charge on any atom is 0.255 e. The van der Waals surface area contributed by atoms with Crippen molar-refractivity contribution in [2.45, 2.75) is 13.3 Å². The van der Waals surface area contributed by atoms with Crippen molar-refractivity contribution in [1.29, 1.82) is 0 Å². The molecule has 0 saturated carbocycles. The molecule has 2 aromatic rings. The van der Waals surface area contributed by atoms with Gasteiger partial charge in [0.15, 0.2) is 0 Å². The first-order valence-corrected chi connectivity index (χ1v) is 6.95. The molecule has 0 aliphatic carbocycles. The minimum atomic E-state index is -0.106. The summed E-state index contributed by atoms with van der Waals surface area (Å²) in [5, 5.41) is 6.88. The van der Waals surface area contributed by atoms with Gasteiger partial charge in [-0.3, -0.25) is 4.79 Å². The molecule has 0 aromatic heterocycles. The average Bonchev–Trinajstić information content (AvgIpc) is 2.85. The van der Waals surface area contributed by atoms with Gasteiger partial charge in [0.1, 0.15) is 0 Å². The highest BCUT2D eigenvalue weighted by atomic mass is 35.5. The molecule has 2 aromatic carbocycles. The van der Waals surface area contributed by atoms with Gasteiger partial charge in [-0.2, -0.15) is 0 Å². The molecule has 0 fully saturated rings. The second-order valence-electron chi connectivity index (χ2n) is 4.96. The summed E-state index contributed by atoms with van der Waals surface area (Å²) in [4.78, 5) is 12.3. The lowest BCUT2D eigenvalue weighted by molar-refractivity contribution is 0.102. The number of fused-ring (bicyclic) bond motifs is 1. The molecule has 3 nitrogen and oxygen atoms in total. The Balaban J connectivity index is 1.82. The van der Waals surface area contributed by atoms with Crippen LogP contribution in [0.5, 0.6) is 0 Å². The normalized spacial score (nSPS) is 12.7. The minimum absolute atomic E-state index is 0.106. The molecule has 2 N–H and O–H groups in total. The van der Waals surface area contributed by atoms with Crippen LogP contribution in [-0.2, 0) is 6.42 Å². The molecule has 102 valence electrons. The van der Waals surface area contributed by atoms with E-state index in [1.807, 2.05) is 25.1 Å². The standard InChI is InChI=1S/C16H15ClN2O/c1-10-8-12(17)2-4-14(10)16(20)19-13-3-5-15-11(9-13)6-7-18-15/h2-5,8-9,18H,6-7H2,1H3,(H,19,20). The first-order valence-electron chi connectivity index (χ1n) is 6.58. The quantitative estimate of drug-likeness (QED) is 0.880. The second kappa shape index (κ2) is 5.17. The first kappa shape index (κ1) is 13.0. The Morgan fingerprint density at radius 2 is 2.10 bits per heavy atom. The van der Waals surface area contributed by atoms with E-state index < -0.39 is 0 Å². The Bertz CT molecular complexity index is 682. The van der Waals surface area contributed by atoms with Gasteiger partial charge in [0.2, 0.25) is 0 Å². The van der Waals surface area contributed by atoms with Crippen LogP contribution in [0.3, 0.4) is 0 Å². The molecular formula is C16H15ClN2O. The molecule has 4 heteroatoms. The van der Waals surface area contributed by atoms with Gasteiger partial charge in [-0.15, -0.1) is 0 Å². The number of nitrogens with one attached hydrogen (secondary N) is 2. The lowest BCUT2D eigenvalue weighted by Crippen LogP contribution is -2.13. The molecule has 1 aliphatic heterocycles. The predicted molar refractivity (Wildman–Crippen MR) is 82.8 cm³/mol. The third-order valence-electron chi connectivity index (χ3n) is 3.51. The Labute approximate surface area is 123 Å². The van der Waals surface area contributed by atoms with Crippen LogP contribution in [0, 0.1) is 6.92 Å². The van der Waals surface area contributed by atoms with Crippen LogP contribution in [-0.4, -0.2) is 12.5 Å². The SMILES string of the molecule is Cc1cc(Cl)ccc1C(=O)Nc1ccc2c(c1)CCN2. The third kappa shape index (κ3) is 2.49. The van der Waals surface area contributed by atoms with E-state index in [-0.39, 0.29) is 5.91 Å². The summed E-state index contributed by atoms with van der Waals surface area (Å²) in [5.41, 5.74) is 4.75. The fourth-order valence-corrected chi connectivity index (χ4v) is 2.69. The molecule has 1 amide bonds. The van der Waals surface area contributed by atoms with Gasteiger partial charge in [0, 0.05) is 28.5 Å². The van der Waals surface area contributed by atoms with Crippen molar-refractivity contribution in [3.8, 4) is 0 Å². The molecule has 0 atom stereocenters. The van der Waals surface area contributed by atoms with Crippen LogP contribution in [0.2, 0.25) is 5.02 Å². The molecule has 1 aliphatic rings.